The van der Waals surface area contributed by atoms with Crippen LogP contribution in [0.3, 0.4) is 0 Å². The number of ether oxygens (including phenoxy) is 1. The predicted octanol–water partition coefficient (Wildman–Crippen LogP) is 2.44. The third-order valence-electron chi connectivity index (χ3n) is 2.44. The van der Waals surface area contributed by atoms with E-state index in [2.05, 4.69) is 11.8 Å². The van der Waals surface area contributed by atoms with Crippen LogP contribution in [0.4, 0.5) is 0 Å². The molecule has 0 aromatic rings. The molecule has 0 aromatic carbocycles. The molecular weight excluding hydrogens is 242 g/mol. The molecule has 1 fully saturated rings. The van der Waals surface area contributed by atoms with E-state index >= 15 is 0 Å². The minimum atomic E-state index is -0.153. The van der Waals surface area contributed by atoms with Crippen molar-refractivity contribution in [1.29, 1.82) is 0 Å². The fraction of sp³-hybridized carbons (Fsp3) is 0.818. The fourth-order valence-corrected chi connectivity index (χ4v) is 2.53. The highest BCUT2D eigenvalue weighted by Gasteiger charge is 2.16. The summed E-state index contributed by atoms with van der Waals surface area (Å²) in [7, 11) is 0. The van der Waals surface area contributed by atoms with Crippen molar-refractivity contribution in [1.82, 2.24) is 4.90 Å². The van der Waals surface area contributed by atoms with Crippen LogP contribution < -0.4 is 0 Å². The van der Waals surface area contributed by atoms with Crippen molar-refractivity contribution in [3.05, 3.63) is 0 Å². The molecule has 1 rings (SSSR count). The highest BCUT2D eigenvalue weighted by atomic mass is 32.2. The first-order chi connectivity index (χ1) is 7.74. The lowest BCUT2D eigenvalue weighted by molar-refractivity contribution is -0.140. The number of carbonyl (C=O) groups excluding carboxylic acids is 1. The summed E-state index contributed by atoms with van der Waals surface area (Å²) in [5.41, 5.74) is 0. The summed E-state index contributed by atoms with van der Waals surface area (Å²) >= 11 is 6.67. The Bertz CT molecular complexity index is 240. The molecule has 1 aliphatic heterocycles. The van der Waals surface area contributed by atoms with Crippen LogP contribution >= 0.6 is 24.0 Å². The van der Waals surface area contributed by atoms with Gasteiger partial charge in [-0.3, -0.25) is 4.79 Å². The van der Waals surface area contributed by atoms with E-state index < -0.39 is 0 Å². The monoisotopic (exact) mass is 261 g/mol. The SMILES string of the molecule is CCCCOC(=O)CSC(=S)N1CCCC1. The molecule has 1 heterocycles. The number of hydrogen-bond acceptors (Lipinski definition) is 4. The largest absolute Gasteiger partial charge is 0.465 e. The fourth-order valence-electron chi connectivity index (χ4n) is 1.48. The molecule has 1 saturated heterocycles. The lowest BCUT2D eigenvalue weighted by Gasteiger charge is -2.17. The molecule has 0 unspecified atom stereocenters. The maximum Gasteiger partial charge on any atom is 0.316 e. The van der Waals surface area contributed by atoms with Crippen molar-refractivity contribution in [3.63, 3.8) is 0 Å². The lowest BCUT2D eigenvalue weighted by Crippen LogP contribution is -2.24. The van der Waals surface area contributed by atoms with Gasteiger partial charge in [0.05, 0.1) is 12.4 Å². The maximum atomic E-state index is 11.3. The van der Waals surface area contributed by atoms with Crippen molar-refractivity contribution in [2.45, 2.75) is 32.6 Å². The number of carbonyl (C=O) groups is 1. The second kappa shape index (κ2) is 7.90. The molecule has 0 aliphatic carbocycles. The summed E-state index contributed by atoms with van der Waals surface area (Å²) in [5, 5.41) is 0. The Hall–Kier alpha value is -0.290. The van der Waals surface area contributed by atoms with Gasteiger partial charge in [-0.15, -0.1) is 0 Å². The number of thioether (sulfide) groups is 1. The molecule has 0 aromatic heterocycles. The Balaban J connectivity index is 2.08. The van der Waals surface area contributed by atoms with Gasteiger partial charge in [0.15, 0.2) is 0 Å². The van der Waals surface area contributed by atoms with Crippen molar-refractivity contribution in [2.75, 3.05) is 25.4 Å². The first-order valence-electron chi connectivity index (χ1n) is 5.81. The van der Waals surface area contributed by atoms with Crippen LogP contribution in [0.2, 0.25) is 0 Å². The summed E-state index contributed by atoms with van der Waals surface area (Å²) in [5.74, 6) is 0.193. The third-order valence-corrected chi connectivity index (χ3v) is 3.94. The summed E-state index contributed by atoms with van der Waals surface area (Å²) in [6, 6.07) is 0. The zero-order valence-corrected chi connectivity index (χ0v) is 11.4. The van der Waals surface area contributed by atoms with E-state index in [-0.39, 0.29) is 5.97 Å². The van der Waals surface area contributed by atoms with E-state index in [0.29, 0.717) is 12.4 Å². The molecule has 0 bridgehead atoms. The molecule has 0 amide bonds. The summed E-state index contributed by atoms with van der Waals surface area (Å²) in [6.45, 7) is 4.69. The quantitative estimate of drug-likeness (QED) is 0.431. The van der Waals surface area contributed by atoms with Gasteiger partial charge < -0.3 is 9.64 Å². The zero-order chi connectivity index (χ0) is 11.8. The van der Waals surface area contributed by atoms with Gasteiger partial charge in [-0.05, 0) is 19.3 Å². The molecule has 0 atom stereocenters. The van der Waals surface area contributed by atoms with E-state index in [0.717, 1.165) is 30.3 Å². The Morgan fingerprint density at radius 1 is 1.44 bits per heavy atom. The predicted molar refractivity (Wildman–Crippen MR) is 71.7 cm³/mol. The van der Waals surface area contributed by atoms with Gasteiger partial charge in [-0.1, -0.05) is 37.3 Å². The third kappa shape index (κ3) is 5.16. The summed E-state index contributed by atoms with van der Waals surface area (Å²) in [4.78, 5) is 13.5. The van der Waals surface area contributed by atoms with Gasteiger partial charge in [0.1, 0.15) is 4.32 Å². The van der Waals surface area contributed by atoms with E-state index in [1.54, 1.807) is 0 Å². The number of unbranched alkanes of at least 4 members (excludes halogenated alkanes) is 1. The van der Waals surface area contributed by atoms with Crippen molar-refractivity contribution >= 4 is 34.3 Å². The van der Waals surface area contributed by atoms with Crippen LogP contribution in [0.15, 0.2) is 0 Å². The highest BCUT2D eigenvalue weighted by Crippen LogP contribution is 2.16. The normalized spacial score (nSPS) is 15.2. The van der Waals surface area contributed by atoms with Gasteiger partial charge in [0, 0.05) is 13.1 Å². The minimum absolute atomic E-state index is 0.153. The number of esters is 1. The highest BCUT2D eigenvalue weighted by molar-refractivity contribution is 8.23. The summed E-state index contributed by atoms with van der Waals surface area (Å²) in [6.07, 6.45) is 4.41. The summed E-state index contributed by atoms with van der Waals surface area (Å²) < 4.78 is 5.90. The van der Waals surface area contributed by atoms with E-state index in [9.17, 15) is 4.79 Å². The molecule has 1 aliphatic rings. The molecular formula is C11H19NO2S2. The molecule has 0 radical (unpaired) electrons. The smallest absolute Gasteiger partial charge is 0.316 e. The van der Waals surface area contributed by atoms with Crippen LogP contribution in [0.1, 0.15) is 32.6 Å². The molecule has 5 heteroatoms. The van der Waals surface area contributed by atoms with Crippen molar-refractivity contribution in [2.24, 2.45) is 0 Å². The standard InChI is InChI=1S/C11H19NO2S2/c1-2-3-8-14-10(13)9-16-11(15)12-6-4-5-7-12/h2-9H2,1H3. The van der Waals surface area contributed by atoms with Crippen molar-refractivity contribution < 1.29 is 9.53 Å². The van der Waals surface area contributed by atoms with Crippen LogP contribution in [-0.2, 0) is 9.53 Å². The van der Waals surface area contributed by atoms with Crippen LogP contribution in [-0.4, -0.2) is 40.6 Å². The Labute approximate surface area is 107 Å². The van der Waals surface area contributed by atoms with Crippen molar-refractivity contribution in [3.8, 4) is 0 Å². The molecule has 0 spiro atoms. The number of hydrogen-bond donors (Lipinski definition) is 0. The number of likely N-dealkylation sites (tertiary alicyclic amines) is 1. The number of nitrogens with zero attached hydrogens (tertiary/aromatic N) is 1. The Morgan fingerprint density at radius 3 is 2.75 bits per heavy atom. The second-order valence-corrected chi connectivity index (χ2v) is 5.43. The van der Waals surface area contributed by atoms with E-state index in [1.807, 2.05) is 0 Å². The number of rotatable bonds is 5. The van der Waals surface area contributed by atoms with Gasteiger partial charge in [0.2, 0.25) is 0 Å². The average molecular weight is 261 g/mol. The number of thiocarbonyl (C=S) groups is 1. The minimum Gasteiger partial charge on any atom is -0.465 e. The Kier molecular flexibility index (Phi) is 6.80. The van der Waals surface area contributed by atoms with Gasteiger partial charge in [-0.25, -0.2) is 0 Å². The second-order valence-electron chi connectivity index (χ2n) is 3.82. The molecule has 0 N–H and O–H groups in total. The van der Waals surface area contributed by atoms with Gasteiger partial charge in [0.25, 0.3) is 0 Å². The van der Waals surface area contributed by atoms with Crippen LogP contribution in [0, 0.1) is 0 Å². The topological polar surface area (TPSA) is 29.5 Å². The molecule has 16 heavy (non-hydrogen) atoms. The molecule has 3 nitrogen and oxygen atoms in total. The maximum absolute atomic E-state index is 11.3. The van der Waals surface area contributed by atoms with E-state index in [4.69, 9.17) is 17.0 Å². The van der Waals surface area contributed by atoms with Gasteiger partial charge in [-0.2, -0.15) is 0 Å². The van der Waals surface area contributed by atoms with Crippen LogP contribution in [0.25, 0.3) is 0 Å². The lowest BCUT2D eigenvalue weighted by atomic mass is 10.4. The van der Waals surface area contributed by atoms with Gasteiger partial charge >= 0.3 is 5.97 Å². The van der Waals surface area contributed by atoms with E-state index in [1.165, 1.54) is 24.6 Å². The first kappa shape index (κ1) is 13.8. The average Bonchev–Trinajstić information content (AvgIpc) is 2.79. The molecule has 0 saturated carbocycles. The zero-order valence-electron chi connectivity index (χ0n) is 9.74. The Morgan fingerprint density at radius 2 is 2.12 bits per heavy atom. The molecule has 92 valence electrons. The first-order valence-corrected chi connectivity index (χ1v) is 7.20. The van der Waals surface area contributed by atoms with Crippen LogP contribution in [0.5, 0.6) is 0 Å².